The molecule has 0 bridgehead atoms. The van der Waals surface area contributed by atoms with Crippen molar-refractivity contribution in [2.24, 2.45) is 5.73 Å². The second-order valence-corrected chi connectivity index (χ2v) is 3.75. The van der Waals surface area contributed by atoms with E-state index in [9.17, 15) is 5.11 Å². The lowest BCUT2D eigenvalue weighted by Gasteiger charge is -2.11. The summed E-state index contributed by atoms with van der Waals surface area (Å²) in [5.41, 5.74) is 6.82. The summed E-state index contributed by atoms with van der Waals surface area (Å²) in [4.78, 5) is 0. The Bertz CT molecular complexity index is 212. The van der Waals surface area contributed by atoms with Crippen LogP contribution in [0.4, 0.5) is 0 Å². The quantitative estimate of drug-likeness (QED) is 0.442. The summed E-state index contributed by atoms with van der Waals surface area (Å²) < 4.78 is 0. The average Bonchev–Trinajstić information content (AvgIpc) is 2.26. The van der Waals surface area contributed by atoms with E-state index in [4.69, 9.17) is 10.8 Å². The molecule has 3 nitrogen and oxygen atoms in total. The number of unbranched alkanes of at least 4 members (excludes halogenated alkanes) is 1. The van der Waals surface area contributed by atoms with E-state index in [1.165, 1.54) is 5.57 Å². The smallest absolute Gasteiger partial charge is 0.0894 e. The molecule has 0 aliphatic carbocycles. The predicted octanol–water partition coefficient (Wildman–Crippen LogP) is 1.36. The van der Waals surface area contributed by atoms with Crippen molar-refractivity contribution in [1.29, 1.82) is 0 Å². The van der Waals surface area contributed by atoms with Gasteiger partial charge in [-0.05, 0) is 26.2 Å². The zero-order valence-corrected chi connectivity index (χ0v) is 9.69. The highest BCUT2D eigenvalue weighted by Crippen LogP contribution is 2.03. The summed E-state index contributed by atoms with van der Waals surface area (Å²) >= 11 is 0. The average molecular weight is 213 g/mol. The first-order chi connectivity index (χ1) is 7.11. The van der Waals surface area contributed by atoms with E-state index in [1.54, 1.807) is 6.08 Å². The minimum atomic E-state index is -0.744. The van der Waals surface area contributed by atoms with Crippen molar-refractivity contribution < 1.29 is 10.2 Å². The molecular formula is C12H23NO2. The highest BCUT2D eigenvalue weighted by molar-refractivity contribution is 4.99. The van der Waals surface area contributed by atoms with Gasteiger partial charge in [0, 0.05) is 0 Å². The second-order valence-electron chi connectivity index (χ2n) is 3.75. The molecule has 2 unspecified atom stereocenters. The fourth-order valence-electron chi connectivity index (χ4n) is 1.06. The minimum Gasteiger partial charge on any atom is -0.395 e. The lowest BCUT2D eigenvalue weighted by atomic mass is 10.1. The van der Waals surface area contributed by atoms with Gasteiger partial charge in [-0.2, -0.15) is 0 Å². The molecule has 0 fully saturated rings. The second kappa shape index (κ2) is 8.65. The van der Waals surface area contributed by atoms with Gasteiger partial charge in [0.1, 0.15) is 0 Å². The van der Waals surface area contributed by atoms with Gasteiger partial charge >= 0.3 is 0 Å². The summed E-state index contributed by atoms with van der Waals surface area (Å²) in [6, 6.07) is -0.575. The van der Waals surface area contributed by atoms with Crippen LogP contribution in [0.25, 0.3) is 0 Å². The zero-order valence-electron chi connectivity index (χ0n) is 9.69. The number of rotatable bonds is 7. The number of hydrogen-bond donors (Lipinski definition) is 3. The molecule has 0 spiro atoms. The van der Waals surface area contributed by atoms with Crippen molar-refractivity contribution in [2.75, 3.05) is 6.61 Å². The molecule has 0 saturated heterocycles. The van der Waals surface area contributed by atoms with Crippen LogP contribution in [-0.4, -0.2) is 29.0 Å². The number of aliphatic hydroxyl groups excluding tert-OH is 2. The van der Waals surface area contributed by atoms with Gasteiger partial charge in [0.15, 0.2) is 0 Å². The molecule has 0 amide bonds. The van der Waals surface area contributed by atoms with Gasteiger partial charge in [-0.1, -0.05) is 30.7 Å². The van der Waals surface area contributed by atoms with E-state index in [0.717, 1.165) is 19.3 Å². The molecule has 0 radical (unpaired) electrons. The van der Waals surface area contributed by atoms with Crippen LogP contribution in [0.3, 0.4) is 0 Å². The standard InChI is InChI=1S/C12H23NO2/c1-3-10(2)7-5-4-6-8-12(15)11(13)9-14/h6-8,11-12,14-15H,3-5,9,13H2,1-2H3/b8-6+,10-7+. The van der Waals surface area contributed by atoms with Crippen LogP contribution in [-0.2, 0) is 0 Å². The lowest BCUT2D eigenvalue weighted by molar-refractivity contribution is 0.144. The molecule has 0 aliphatic rings. The molecule has 88 valence electrons. The van der Waals surface area contributed by atoms with Gasteiger partial charge in [0.25, 0.3) is 0 Å². The Hall–Kier alpha value is -0.640. The van der Waals surface area contributed by atoms with Gasteiger partial charge in [-0.25, -0.2) is 0 Å². The molecule has 2 atom stereocenters. The molecular weight excluding hydrogens is 190 g/mol. The third-order valence-corrected chi connectivity index (χ3v) is 2.37. The first-order valence-corrected chi connectivity index (χ1v) is 5.48. The Morgan fingerprint density at radius 1 is 1.40 bits per heavy atom. The normalized spacial score (nSPS) is 17.0. The summed E-state index contributed by atoms with van der Waals surface area (Å²) in [5, 5.41) is 18.1. The fraction of sp³-hybridized carbons (Fsp3) is 0.667. The van der Waals surface area contributed by atoms with E-state index in [0.29, 0.717) is 0 Å². The summed E-state index contributed by atoms with van der Waals surface area (Å²) in [6.45, 7) is 4.05. The highest BCUT2D eigenvalue weighted by Gasteiger charge is 2.08. The van der Waals surface area contributed by atoms with Crippen LogP contribution in [0, 0.1) is 0 Å². The maximum atomic E-state index is 9.39. The van der Waals surface area contributed by atoms with E-state index >= 15 is 0 Å². The summed E-state index contributed by atoms with van der Waals surface area (Å²) in [7, 11) is 0. The Morgan fingerprint density at radius 2 is 2.07 bits per heavy atom. The molecule has 0 heterocycles. The van der Waals surface area contributed by atoms with Crippen LogP contribution >= 0.6 is 0 Å². The van der Waals surface area contributed by atoms with Gasteiger partial charge in [0.2, 0.25) is 0 Å². The fourth-order valence-corrected chi connectivity index (χ4v) is 1.06. The third-order valence-electron chi connectivity index (χ3n) is 2.37. The molecule has 0 rings (SSSR count). The van der Waals surface area contributed by atoms with E-state index < -0.39 is 12.1 Å². The van der Waals surface area contributed by atoms with Gasteiger partial charge in [-0.3, -0.25) is 0 Å². The van der Waals surface area contributed by atoms with Crippen molar-refractivity contribution in [3.63, 3.8) is 0 Å². The highest BCUT2D eigenvalue weighted by atomic mass is 16.3. The van der Waals surface area contributed by atoms with E-state index in [1.807, 2.05) is 6.08 Å². The Labute approximate surface area is 92.3 Å². The first kappa shape index (κ1) is 14.4. The molecule has 0 aromatic carbocycles. The van der Waals surface area contributed by atoms with Crippen molar-refractivity contribution in [3.05, 3.63) is 23.8 Å². The first-order valence-electron chi connectivity index (χ1n) is 5.48. The van der Waals surface area contributed by atoms with Gasteiger partial charge < -0.3 is 15.9 Å². The van der Waals surface area contributed by atoms with Gasteiger partial charge in [0.05, 0.1) is 18.8 Å². The topological polar surface area (TPSA) is 66.5 Å². The maximum absolute atomic E-state index is 9.39. The molecule has 3 heteroatoms. The minimum absolute atomic E-state index is 0.194. The van der Waals surface area contributed by atoms with Crippen molar-refractivity contribution in [1.82, 2.24) is 0 Å². The molecule has 0 aliphatic heterocycles. The number of nitrogens with two attached hydrogens (primary N) is 1. The largest absolute Gasteiger partial charge is 0.395 e. The molecule has 0 saturated carbocycles. The van der Waals surface area contributed by atoms with Crippen LogP contribution in [0.1, 0.15) is 33.1 Å². The molecule has 0 aromatic heterocycles. The molecule has 15 heavy (non-hydrogen) atoms. The monoisotopic (exact) mass is 213 g/mol. The number of aliphatic hydroxyl groups is 2. The summed E-state index contributed by atoms with van der Waals surface area (Å²) in [6.07, 6.45) is 7.97. The summed E-state index contributed by atoms with van der Waals surface area (Å²) in [5.74, 6) is 0. The van der Waals surface area contributed by atoms with Crippen LogP contribution in [0.2, 0.25) is 0 Å². The number of allylic oxidation sites excluding steroid dienone is 3. The Kier molecular flexibility index (Phi) is 8.28. The lowest BCUT2D eigenvalue weighted by Crippen LogP contribution is -2.36. The molecule has 4 N–H and O–H groups in total. The van der Waals surface area contributed by atoms with Crippen molar-refractivity contribution >= 4 is 0 Å². The van der Waals surface area contributed by atoms with Crippen LogP contribution < -0.4 is 5.73 Å². The maximum Gasteiger partial charge on any atom is 0.0894 e. The van der Waals surface area contributed by atoms with E-state index in [-0.39, 0.29) is 6.61 Å². The SMILES string of the molecule is CC/C(C)=C/CC/C=C/C(O)C(N)CO. The Morgan fingerprint density at radius 3 is 2.60 bits per heavy atom. The van der Waals surface area contributed by atoms with Gasteiger partial charge in [-0.15, -0.1) is 0 Å². The molecule has 0 aromatic rings. The van der Waals surface area contributed by atoms with Crippen LogP contribution in [0.5, 0.6) is 0 Å². The number of hydrogen-bond acceptors (Lipinski definition) is 3. The van der Waals surface area contributed by atoms with Crippen molar-refractivity contribution in [3.8, 4) is 0 Å². The Balaban J connectivity index is 3.71. The van der Waals surface area contributed by atoms with Crippen molar-refractivity contribution in [2.45, 2.75) is 45.3 Å². The van der Waals surface area contributed by atoms with Crippen LogP contribution in [0.15, 0.2) is 23.8 Å². The third kappa shape index (κ3) is 7.31. The zero-order chi connectivity index (χ0) is 11.7. The predicted molar refractivity (Wildman–Crippen MR) is 63.5 cm³/mol. The van der Waals surface area contributed by atoms with E-state index in [2.05, 4.69) is 19.9 Å².